The van der Waals surface area contributed by atoms with Crippen LogP contribution in [0.15, 0.2) is 53.3 Å². The van der Waals surface area contributed by atoms with Crippen LogP contribution >= 0.6 is 11.3 Å². The topological polar surface area (TPSA) is 59.2 Å². The van der Waals surface area contributed by atoms with Crippen molar-refractivity contribution in [1.82, 2.24) is 4.98 Å². The number of halogens is 3. The van der Waals surface area contributed by atoms with Gasteiger partial charge in [0, 0.05) is 11.6 Å². The number of thiazole rings is 1. The molecule has 1 aromatic heterocycles. The molecule has 0 bridgehead atoms. The van der Waals surface area contributed by atoms with Gasteiger partial charge in [0.2, 0.25) is 0 Å². The fourth-order valence-corrected chi connectivity index (χ4v) is 3.38. The summed E-state index contributed by atoms with van der Waals surface area (Å²) in [6.07, 6.45) is -2.13. The molecule has 0 radical (unpaired) electrons. The Labute approximate surface area is 161 Å². The second-order valence-electron chi connectivity index (χ2n) is 5.75. The van der Waals surface area contributed by atoms with Crippen molar-refractivity contribution in [2.45, 2.75) is 6.18 Å². The van der Waals surface area contributed by atoms with Gasteiger partial charge < -0.3 is 9.72 Å². The van der Waals surface area contributed by atoms with Crippen LogP contribution in [0.25, 0.3) is 12.2 Å². The maximum absolute atomic E-state index is 13.1. The average molecular weight is 405 g/mol. The van der Waals surface area contributed by atoms with Gasteiger partial charge in [-0.3, -0.25) is 9.59 Å². The van der Waals surface area contributed by atoms with E-state index in [2.05, 4.69) is 4.98 Å². The summed E-state index contributed by atoms with van der Waals surface area (Å²) in [5.74, 6) is 0.253. The molecule has 0 aliphatic carbocycles. The Morgan fingerprint density at radius 2 is 1.79 bits per heavy atom. The second-order valence-corrected chi connectivity index (χ2v) is 6.83. The highest BCUT2D eigenvalue weighted by atomic mass is 32.1. The molecule has 28 heavy (non-hydrogen) atoms. The summed E-state index contributed by atoms with van der Waals surface area (Å²) in [6.45, 7) is 0. The predicted octanol–water partition coefficient (Wildman–Crippen LogP) is 2.96. The molecule has 2 aromatic carbocycles. The molecule has 0 aliphatic heterocycles. The van der Waals surface area contributed by atoms with Crippen LogP contribution in [0.4, 0.5) is 13.2 Å². The van der Waals surface area contributed by atoms with E-state index in [1.54, 1.807) is 24.3 Å². The summed E-state index contributed by atoms with van der Waals surface area (Å²) in [7, 11) is 1.51. The monoisotopic (exact) mass is 405 g/mol. The van der Waals surface area contributed by atoms with Gasteiger partial charge in [-0.15, -0.1) is 11.3 Å². The molecule has 0 aliphatic rings. The molecule has 0 unspecified atom stereocenters. The number of aromatic nitrogens is 1. The van der Waals surface area contributed by atoms with E-state index in [0.717, 1.165) is 17.4 Å². The number of benzene rings is 2. The minimum atomic E-state index is -4.53. The number of hydrogen-bond acceptors (Lipinski definition) is 4. The summed E-state index contributed by atoms with van der Waals surface area (Å²) in [5, 5.41) is 0. The number of rotatable bonds is 4. The van der Waals surface area contributed by atoms with Crippen LogP contribution in [-0.2, 0) is 6.18 Å². The quantitative estimate of drug-likeness (QED) is 0.679. The van der Waals surface area contributed by atoms with E-state index in [1.807, 2.05) is 0 Å². The minimum Gasteiger partial charge on any atom is -0.497 e. The van der Waals surface area contributed by atoms with Crippen LogP contribution < -0.4 is 19.5 Å². The highest BCUT2D eigenvalue weighted by molar-refractivity contribution is 7.07. The van der Waals surface area contributed by atoms with Gasteiger partial charge in [-0.25, -0.2) is 0 Å². The van der Waals surface area contributed by atoms with Crippen molar-refractivity contribution in [3.05, 3.63) is 84.8 Å². The summed E-state index contributed by atoms with van der Waals surface area (Å²) >= 11 is 0.912. The number of hydrogen-bond donors (Lipinski definition) is 1. The number of aromatic amines is 1. The molecule has 0 spiro atoms. The first kappa shape index (κ1) is 19.6. The first-order valence-electron chi connectivity index (χ1n) is 8.05. The van der Waals surface area contributed by atoms with E-state index in [-0.39, 0.29) is 20.5 Å². The lowest BCUT2D eigenvalue weighted by molar-refractivity contribution is -0.137. The molecule has 0 fully saturated rings. The number of methoxy groups -OCH3 is 1. The van der Waals surface area contributed by atoms with Crippen molar-refractivity contribution in [3.8, 4) is 5.75 Å². The third kappa shape index (κ3) is 4.40. The minimum absolute atomic E-state index is 0.0745. The lowest BCUT2D eigenvalue weighted by atomic mass is 10.1. The number of H-pyrrole nitrogens is 1. The Bertz CT molecular complexity index is 1170. The predicted molar refractivity (Wildman–Crippen MR) is 101 cm³/mol. The molecular formula is C20H14F3NO3S. The SMILES string of the molecule is COc1ccc(C(=O)/C=c2/[nH]c(=O)/c(=C/c3ccccc3C(F)(F)F)s2)cc1. The molecule has 1 heterocycles. The van der Waals surface area contributed by atoms with Gasteiger partial charge in [0.15, 0.2) is 5.78 Å². The van der Waals surface area contributed by atoms with E-state index in [4.69, 9.17) is 4.74 Å². The van der Waals surface area contributed by atoms with Gasteiger partial charge in [-0.05, 0) is 42.0 Å². The van der Waals surface area contributed by atoms with Crippen LogP contribution in [0.5, 0.6) is 5.75 Å². The smallest absolute Gasteiger partial charge is 0.416 e. The molecular weight excluding hydrogens is 391 g/mol. The molecule has 4 nitrogen and oxygen atoms in total. The maximum Gasteiger partial charge on any atom is 0.416 e. The third-order valence-corrected chi connectivity index (χ3v) is 4.83. The van der Waals surface area contributed by atoms with E-state index in [9.17, 15) is 22.8 Å². The molecule has 144 valence electrons. The largest absolute Gasteiger partial charge is 0.497 e. The number of nitrogens with one attached hydrogen (secondary N) is 1. The normalized spacial score (nSPS) is 13.0. The summed E-state index contributed by atoms with van der Waals surface area (Å²) < 4.78 is 44.7. The van der Waals surface area contributed by atoms with Crippen LogP contribution in [0.1, 0.15) is 21.5 Å². The molecule has 3 aromatic rings. The molecule has 0 amide bonds. The third-order valence-electron chi connectivity index (χ3n) is 3.87. The summed E-state index contributed by atoms with van der Waals surface area (Å²) in [5.41, 5.74) is -1.11. The molecule has 0 saturated heterocycles. The van der Waals surface area contributed by atoms with Crippen molar-refractivity contribution in [2.75, 3.05) is 7.11 Å². The Morgan fingerprint density at radius 1 is 1.11 bits per heavy atom. The highest BCUT2D eigenvalue weighted by Gasteiger charge is 2.32. The summed E-state index contributed by atoms with van der Waals surface area (Å²) in [6, 6.07) is 11.4. The number of carbonyl (C=O) groups excluding carboxylic acids is 1. The van der Waals surface area contributed by atoms with Crippen LogP contribution in [0.2, 0.25) is 0 Å². The van der Waals surface area contributed by atoms with E-state index in [1.165, 1.54) is 37.5 Å². The van der Waals surface area contributed by atoms with Gasteiger partial charge in [0.05, 0.1) is 21.9 Å². The zero-order valence-electron chi connectivity index (χ0n) is 14.5. The average Bonchev–Trinajstić information content (AvgIpc) is 3.00. The van der Waals surface area contributed by atoms with Gasteiger partial charge in [0.1, 0.15) is 5.75 Å². The Kier molecular flexibility index (Phi) is 5.51. The fraction of sp³-hybridized carbons (Fsp3) is 0.100. The molecule has 8 heteroatoms. The Morgan fingerprint density at radius 3 is 2.43 bits per heavy atom. The van der Waals surface area contributed by atoms with Crippen LogP contribution in [0.3, 0.4) is 0 Å². The highest BCUT2D eigenvalue weighted by Crippen LogP contribution is 2.32. The molecule has 1 N–H and O–H groups in total. The standard InChI is InChI=1S/C20H14F3NO3S/c1-27-14-8-6-12(7-9-14)16(25)11-18-24-19(26)17(28-18)10-13-4-2-3-5-15(13)20(21,22)23/h2-11H,1H3,(H,24,26)/b17-10-,18-11-. The molecule has 0 atom stereocenters. The number of alkyl halides is 3. The Hall–Kier alpha value is -3.13. The lowest BCUT2D eigenvalue weighted by Gasteiger charge is -2.09. The van der Waals surface area contributed by atoms with E-state index >= 15 is 0 Å². The number of carbonyl (C=O) groups is 1. The van der Waals surface area contributed by atoms with Crippen LogP contribution in [0, 0.1) is 0 Å². The lowest BCUT2D eigenvalue weighted by Crippen LogP contribution is -2.20. The first-order chi connectivity index (χ1) is 13.3. The zero-order valence-corrected chi connectivity index (χ0v) is 15.4. The van der Waals surface area contributed by atoms with Crippen molar-refractivity contribution in [2.24, 2.45) is 0 Å². The molecule has 0 saturated carbocycles. The van der Waals surface area contributed by atoms with Crippen molar-refractivity contribution >= 4 is 29.3 Å². The van der Waals surface area contributed by atoms with Gasteiger partial charge >= 0.3 is 6.18 Å². The van der Waals surface area contributed by atoms with Crippen molar-refractivity contribution in [1.29, 1.82) is 0 Å². The van der Waals surface area contributed by atoms with Gasteiger partial charge in [-0.1, -0.05) is 18.2 Å². The molecule has 3 rings (SSSR count). The Balaban J connectivity index is 2.00. The number of ketones is 1. The fourth-order valence-electron chi connectivity index (χ4n) is 2.50. The number of ether oxygens (including phenoxy) is 1. The van der Waals surface area contributed by atoms with Crippen molar-refractivity contribution in [3.63, 3.8) is 0 Å². The van der Waals surface area contributed by atoms with E-state index in [0.29, 0.717) is 11.3 Å². The van der Waals surface area contributed by atoms with Crippen molar-refractivity contribution < 1.29 is 22.7 Å². The number of Topliss-reactive ketones (excluding diaryl/α,β-unsaturated/α-hetero) is 1. The second kappa shape index (κ2) is 7.85. The summed E-state index contributed by atoms with van der Waals surface area (Å²) in [4.78, 5) is 26.9. The maximum atomic E-state index is 13.1. The van der Waals surface area contributed by atoms with Crippen LogP contribution in [-0.4, -0.2) is 17.9 Å². The first-order valence-corrected chi connectivity index (χ1v) is 8.87. The van der Waals surface area contributed by atoms with E-state index < -0.39 is 17.3 Å². The zero-order chi connectivity index (χ0) is 20.3. The van der Waals surface area contributed by atoms with Gasteiger partial charge in [-0.2, -0.15) is 13.2 Å². The van der Waals surface area contributed by atoms with Gasteiger partial charge in [0.25, 0.3) is 5.56 Å².